The number of piperazine rings is 1. The molecule has 0 spiro atoms. The summed E-state index contributed by atoms with van der Waals surface area (Å²) in [5.74, 6) is 0.736. The Morgan fingerprint density at radius 3 is 2.56 bits per heavy atom. The second-order valence-corrected chi connectivity index (χ2v) is 9.56. The van der Waals surface area contributed by atoms with Gasteiger partial charge in [0.25, 0.3) is 0 Å². The van der Waals surface area contributed by atoms with Gasteiger partial charge in [-0.2, -0.15) is 5.10 Å². The minimum Gasteiger partial charge on any atom is -0.301 e. The van der Waals surface area contributed by atoms with Crippen molar-refractivity contribution in [3.8, 4) is 0 Å². The zero-order valence-corrected chi connectivity index (χ0v) is 18.8. The third kappa shape index (κ3) is 4.81. The molecule has 0 bridgehead atoms. The van der Waals surface area contributed by atoms with Crippen LogP contribution in [-0.4, -0.2) is 70.6 Å². The molecule has 3 amide bonds. The van der Waals surface area contributed by atoms with Crippen LogP contribution in [0.2, 0.25) is 0 Å². The molecule has 1 saturated carbocycles. The number of imide groups is 1. The summed E-state index contributed by atoms with van der Waals surface area (Å²) < 4.78 is 1.80. The number of aromatic nitrogens is 2. The van der Waals surface area contributed by atoms with Gasteiger partial charge in [0.15, 0.2) is 0 Å². The number of hydrogen-bond donors (Lipinski definition) is 1. The van der Waals surface area contributed by atoms with Gasteiger partial charge in [-0.3, -0.25) is 19.9 Å². The maximum Gasteiger partial charge on any atom is 0.328 e. The zero-order valence-electron chi connectivity index (χ0n) is 18.8. The van der Waals surface area contributed by atoms with Crippen LogP contribution in [0.5, 0.6) is 0 Å². The first-order chi connectivity index (χ1) is 15.7. The Balaban J connectivity index is 1.17. The van der Waals surface area contributed by atoms with Gasteiger partial charge in [0, 0.05) is 51.9 Å². The summed E-state index contributed by atoms with van der Waals surface area (Å²) in [6, 6.07) is 3.87. The van der Waals surface area contributed by atoms with E-state index in [4.69, 9.17) is 0 Å². The van der Waals surface area contributed by atoms with Crippen LogP contribution in [-0.2, 0) is 11.3 Å². The first kappa shape index (κ1) is 21.4. The van der Waals surface area contributed by atoms with Gasteiger partial charge in [0.05, 0.1) is 17.4 Å². The van der Waals surface area contributed by atoms with Gasteiger partial charge in [-0.15, -0.1) is 0 Å². The molecule has 4 heterocycles. The van der Waals surface area contributed by atoms with Gasteiger partial charge in [0.2, 0.25) is 5.91 Å². The SMILES string of the molecule is O=C1CCN(c2cnn3ccc(CN4CCN(CCC5CCCCC5)CC4)cc23)C(=O)N1. The summed E-state index contributed by atoms with van der Waals surface area (Å²) >= 11 is 0. The standard InChI is InChI=1S/C24H34N6O2/c31-23-8-10-29(24(32)26-23)22-17-25-30-11-7-20(16-21(22)30)18-28-14-12-27(13-15-28)9-6-19-4-2-1-3-5-19/h7,11,16-17,19H,1-6,8-10,12-15,18H2,(H,26,31,32). The second kappa shape index (κ2) is 9.58. The van der Waals surface area contributed by atoms with E-state index >= 15 is 0 Å². The number of fused-ring (bicyclic) bond motifs is 1. The summed E-state index contributed by atoms with van der Waals surface area (Å²) in [6.07, 6.45) is 12.5. The molecule has 2 aliphatic heterocycles. The van der Waals surface area contributed by atoms with Crippen molar-refractivity contribution in [2.24, 2.45) is 5.92 Å². The van der Waals surface area contributed by atoms with Crippen LogP contribution in [0.4, 0.5) is 10.5 Å². The third-order valence-corrected chi connectivity index (χ3v) is 7.36. The Morgan fingerprint density at radius 2 is 1.78 bits per heavy atom. The number of rotatable bonds is 6. The highest BCUT2D eigenvalue weighted by atomic mass is 16.2. The van der Waals surface area contributed by atoms with E-state index in [2.05, 4.69) is 32.3 Å². The van der Waals surface area contributed by atoms with Crippen LogP contribution in [0.15, 0.2) is 24.5 Å². The van der Waals surface area contributed by atoms with Gasteiger partial charge in [-0.25, -0.2) is 9.31 Å². The lowest BCUT2D eigenvalue weighted by Gasteiger charge is -2.35. The molecule has 1 N–H and O–H groups in total. The quantitative estimate of drug-likeness (QED) is 0.751. The van der Waals surface area contributed by atoms with E-state index in [1.165, 1.54) is 50.6 Å². The Labute approximate surface area is 189 Å². The smallest absolute Gasteiger partial charge is 0.301 e. The van der Waals surface area contributed by atoms with E-state index in [9.17, 15) is 9.59 Å². The Hall–Kier alpha value is -2.45. The van der Waals surface area contributed by atoms with E-state index in [0.29, 0.717) is 13.0 Å². The molecule has 172 valence electrons. The zero-order chi connectivity index (χ0) is 21.9. The lowest BCUT2D eigenvalue weighted by atomic mass is 9.87. The van der Waals surface area contributed by atoms with Crippen LogP contribution in [0.1, 0.15) is 50.5 Å². The number of nitrogens with one attached hydrogen (secondary N) is 1. The van der Waals surface area contributed by atoms with Gasteiger partial charge in [0.1, 0.15) is 0 Å². The number of pyridine rings is 1. The number of amides is 3. The molecule has 32 heavy (non-hydrogen) atoms. The maximum atomic E-state index is 12.3. The van der Waals surface area contributed by atoms with Crippen molar-refractivity contribution in [2.45, 2.75) is 51.5 Å². The lowest BCUT2D eigenvalue weighted by molar-refractivity contribution is -0.120. The fourth-order valence-electron chi connectivity index (χ4n) is 5.38. The highest BCUT2D eigenvalue weighted by molar-refractivity contribution is 6.07. The molecule has 0 aromatic carbocycles. The topological polar surface area (TPSA) is 73.2 Å². The van der Waals surface area contributed by atoms with Gasteiger partial charge in [-0.05, 0) is 36.6 Å². The van der Waals surface area contributed by atoms with Crippen molar-refractivity contribution in [1.82, 2.24) is 24.7 Å². The van der Waals surface area contributed by atoms with E-state index in [1.807, 2.05) is 6.20 Å². The molecule has 8 heteroatoms. The summed E-state index contributed by atoms with van der Waals surface area (Å²) in [6.45, 7) is 7.03. The molecule has 1 aliphatic carbocycles. The lowest BCUT2D eigenvalue weighted by Crippen LogP contribution is -2.49. The highest BCUT2D eigenvalue weighted by Gasteiger charge is 2.27. The molecule has 3 fully saturated rings. The number of nitrogens with zero attached hydrogens (tertiary/aromatic N) is 5. The van der Waals surface area contributed by atoms with Gasteiger partial charge < -0.3 is 4.90 Å². The van der Waals surface area contributed by atoms with Crippen LogP contribution in [0.25, 0.3) is 5.52 Å². The maximum absolute atomic E-state index is 12.3. The molecule has 3 aliphatic rings. The summed E-state index contributed by atoms with van der Waals surface area (Å²) in [5, 5.41) is 6.79. The Bertz CT molecular complexity index is 959. The van der Waals surface area contributed by atoms with Crippen molar-refractivity contribution >= 4 is 23.1 Å². The molecule has 2 aromatic heterocycles. The van der Waals surface area contributed by atoms with Crippen molar-refractivity contribution in [3.05, 3.63) is 30.1 Å². The van der Waals surface area contributed by atoms with Crippen LogP contribution in [0.3, 0.4) is 0 Å². The normalized spacial score (nSPS) is 21.9. The van der Waals surface area contributed by atoms with E-state index in [0.717, 1.165) is 49.8 Å². The molecular formula is C24H34N6O2. The Kier molecular flexibility index (Phi) is 6.41. The molecular weight excluding hydrogens is 404 g/mol. The van der Waals surface area contributed by atoms with Crippen LogP contribution < -0.4 is 10.2 Å². The van der Waals surface area contributed by atoms with Crippen LogP contribution in [0, 0.1) is 5.92 Å². The highest BCUT2D eigenvalue weighted by Crippen LogP contribution is 2.27. The molecule has 2 aromatic rings. The summed E-state index contributed by atoms with van der Waals surface area (Å²) in [5.41, 5.74) is 2.88. The number of anilines is 1. The number of carbonyl (C=O) groups is 2. The minimum absolute atomic E-state index is 0.221. The Morgan fingerprint density at radius 1 is 1.00 bits per heavy atom. The molecule has 2 saturated heterocycles. The predicted octanol–water partition coefficient (Wildman–Crippen LogP) is 2.87. The van der Waals surface area contributed by atoms with Gasteiger partial charge in [-0.1, -0.05) is 32.1 Å². The van der Waals surface area contributed by atoms with Crippen LogP contribution >= 0.6 is 0 Å². The van der Waals surface area contributed by atoms with E-state index < -0.39 is 0 Å². The fraction of sp³-hybridized carbons (Fsp3) is 0.625. The fourth-order valence-corrected chi connectivity index (χ4v) is 5.38. The molecule has 0 unspecified atom stereocenters. The van der Waals surface area contributed by atoms with E-state index in [-0.39, 0.29) is 11.9 Å². The molecule has 8 nitrogen and oxygen atoms in total. The van der Waals surface area contributed by atoms with E-state index in [1.54, 1.807) is 15.6 Å². The number of hydrogen-bond acceptors (Lipinski definition) is 5. The second-order valence-electron chi connectivity index (χ2n) is 9.56. The van der Waals surface area contributed by atoms with Crippen molar-refractivity contribution in [1.29, 1.82) is 0 Å². The average Bonchev–Trinajstić information content (AvgIpc) is 3.22. The molecule has 5 rings (SSSR count). The number of carbonyl (C=O) groups excluding carboxylic acids is 2. The summed E-state index contributed by atoms with van der Waals surface area (Å²) in [4.78, 5) is 30.5. The van der Waals surface area contributed by atoms with Gasteiger partial charge >= 0.3 is 6.03 Å². The monoisotopic (exact) mass is 438 g/mol. The molecule has 0 radical (unpaired) electrons. The first-order valence-corrected chi connectivity index (χ1v) is 12.2. The molecule has 0 atom stereocenters. The average molecular weight is 439 g/mol. The summed E-state index contributed by atoms with van der Waals surface area (Å²) in [7, 11) is 0. The van der Waals surface area contributed by atoms with Crippen molar-refractivity contribution < 1.29 is 9.59 Å². The largest absolute Gasteiger partial charge is 0.328 e. The third-order valence-electron chi connectivity index (χ3n) is 7.36. The number of urea groups is 1. The van der Waals surface area contributed by atoms with Crippen molar-refractivity contribution in [2.75, 3.05) is 44.2 Å². The minimum atomic E-state index is -0.370. The van der Waals surface area contributed by atoms with Crippen molar-refractivity contribution in [3.63, 3.8) is 0 Å². The predicted molar refractivity (Wildman–Crippen MR) is 124 cm³/mol. The first-order valence-electron chi connectivity index (χ1n) is 12.2.